The molecule has 2 bridgehead atoms. The van der Waals surface area contributed by atoms with Gasteiger partial charge in [0.25, 0.3) is 0 Å². The van der Waals surface area contributed by atoms with Crippen molar-refractivity contribution in [1.82, 2.24) is 0 Å². The fourth-order valence-electron chi connectivity index (χ4n) is 3.20. The summed E-state index contributed by atoms with van der Waals surface area (Å²) in [4.78, 5) is 11.8. The quantitative estimate of drug-likeness (QED) is 0.755. The van der Waals surface area contributed by atoms with Crippen molar-refractivity contribution in [2.75, 3.05) is 11.9 Å². The Kier molecular flexibility index (Phi) is 2.08. The summed E-state index contributed by atoms with van der Waals surface area (Å²) in [5.74, 6) is 0.778. The molecule has 3 atom stereocenters. The fraction of sp³-hybridized carbons (Fsp3) is 0.900. The Bertz CT molecular complexity index is 253. The highest BCUT2D eigenvalue weighted by atomic mass is 79.9. The molecule has 0 aliphatic heterocycles. The predicted molar refractivity (Wildman–Crippen MR) is 53.8 cm³/mol. The van der Waals surface area contributed by atoms with Gasteiger partial charge in [0.15, 0.2) is 0 Å². The topological polar surface area (TPSA) is 37.3 Å². The summed E-state index contributed by atoms with van der Waals surface area (Å²) >= 11 is 3.49. The van der Waals surface area contributed by atoms with Gasteiger partial charge in [0, 0.05) is 11.8 Å². The van der Waals surface area contributed by atoms with Crippen LogP contribution in [0.5, 0.6) is 0 Å². The van der Waals surface area contributed by atoms with Crippen molar-refractivity contribution >= 4 is 21.7 Å². The fourth-order valence-corrected chi connectivity index (χ4v) is 4.20. The number of aliphatic hydroxyl groups excluding tert-OH is 1. The third kappa shape index (κ3) is 0.899. The lowest BCUT2D eigenvalue weighted by Gasteiger charge is -2.36. The Morgan fingerprint density at radius 2 is 2.38 bits per heavy atom. The SMILES string of the molecule is C[C@@]1(CBr)[C@@H]2CC[C@@]1(CO)C(=O)C2. The lowest BCUT2D eigenvalue weighted by molar-refractivity contribution is -0.132. The minimum Gasteiger partial charge on any atom is -0.395 e. The molecule has 0 spiro atoms. The van der Waals surface area contributed by atoms with Crippen LogP contribution in [0.1, 0.15) is 26.2 Å². The summed E-state index contributed by atoms with van der Waals surface area (Å²) in [6, 6.07) is 0. The first-order valence-corrected chi connectivity index (χ1v) is 5.93. The molecule has 2 rings (SSSR count). The Morgan fingerprint density at radius 3 is 2.77 bits per heavy atom. The summed E-state index contributed by atoms with van der Waals surface area (Å²) < 4.78 is 0. The van der Waals surface area contributed by atoms with Crippen LogP contribution < -0.4 is 0 Å². The number of hydrogen-bond acceptors (Lipinski definition) is 2. The van der Waals surface area contributed by atoms with Crippen molar-refractivity contribution in [3.05, 3.63) is 0 Å². The van der Waals surface area contributed by atoms with E-state index in [9.17, 15) is 9.90 Å². The van der Waals surface area contributed by atoms with Crippen LogP contribution in [0.3, 0.4) is 0 Å². The molecule has 2 saturated carbocycles. The Balaban J connectivity index is 2.45. The zero-order chi connectivity index (χ0) is 9.69. The highest BCUT2D eigenvalue weighted by Gasteiger charge is 2.65. The maximum atomic E-state index is 11.8. The molecule has 3 heteroatoms. The molecule has 0 unspecified atom stereocenters. The van der Waals surface area contributed by atoms with Crippen molar-refractivity contribution in [2.24, 2.45) is 16.7 Å². The molecule has 13 heavy (non-hydrogen) atoms. The molecule has 0 aromatic rings. The molecule has 0 heterocycles. The number of fused-ring (bicyclic) bond motifs is 2. The Morgan fingerprint density at radius 1 is 1.69 bits per heavy atom. The molecular weight excluding hydrogens is 232 g/mol. The maximum absolute atomic E-state index is 11.8. The molecular formula is C10H15BrO2. The van der Waals surface area contributed by atoms with E-state index in [0.717, 1.165) is 18.2 Å². The lowest BCUT2D eigenvalue weighted by Crippen LogP contribution is -2.42. The van der Waals surface area contributed by atoms with E-state index in [1.54, 1.807) is 0 Å². The molecule has 0 amide bonds. The van der Waals surface area contributed by atoms with E-state index in [2.05, 4.69) is 22.9 Å². The number of aliphatic hydroxyl groups is 1. The van der Waals surface area contributed by atoms with E-state index in [4.69, 9.17) is 0 Å². The molecule has 2 aliphatic carbocycles. The number of hydrogen-bond donors (Lipinski definition) is 1. The second-order valence-electron chi connectivity index (χ2n) is 4.65. The van der Waals surface area contributed by atoms with E-state index in [-0.39, 0.29) is 17.8 Å². The predicted octanol–water partition coefficient (Wildman–Crippen LogP) is 1.75. The van der Waals surface area contributed by atoms with Gasteiger partial charge in [0.05, 0.1) is 12.0 Å². The van der Waals surface area contributed by atoms with Gasteiger partial charge in [-0.2, -0.15) is 0 Å². The summed E-state index contributed by atoms with van der Waals surface area (Å²) in [6.07, 6.45) is 2.67. The monoisotopic (exact) mass is 246 g/mol. The first-order chi connectivity index (χ1) is 6.10. The molecule has 0 saturated heterocycles. The number of alkyl halides is 1. The van der Waals surface area contributed by atoms with Gasteiger partial charge in [-0.05, 0) is 24.2 Å². The summed E-state index contributed by atoms with van der Waals surface area (Å²) in [7, 11) is 0. The number of ketones is 1. The standard InChI is InChI=1S/C10H15BrO2/c1-9(5-11)7-2-3-10(9,6-12)8(13)4-7/h7,12H,2-6H2,1H3/t7-,9-,10-/m1/s1. The summed E-state index contributed by atoms with van der Waals surface area (Å²) in [6.45, 7) is 2.17. The first-order valence-electron chi connectivity index (χ1n) is 4.81. The normalized spacial score (nSPS) is 48.8. The molecule has 2 nitrogen and oxygen atoms in total. The zero-order valence-electron chi connectivity index (χ0n) is 7.85. The van der Waals surface area contributed by atoms with Gasteiger partial charge in [-0.1, -0.05) is 22.9 Å². The molecule has 0 aromatic carbocycles. The number of carbonyl (C=O) groups excluding carboxylic acids is 1. The van der Waals surface area contributed by atoms with Crippen molar-refractivity contribution in [2.45, 2.75) is 26.2 Å². The lowest BCUT2D eigenvalue weighted by atomic mass is 9.69. The highest BCUT2D eigenvalue weighted by Crippen LogP contribution is 2.64. The van der Waals surface area contributed by atoms with Crippen LogP contribution in [0.15, 0.2) is 0 Å². The van der Waals surface area contributed by atoms with Crippen LogP contribution in [0.2, 0.25) is 0 Å². The van der Waals surface area contributed by atoms with Gasteiger partial charge in [0.2, 0.25) is 0 Å². The average molecular weight is 247 g/mol. The average Bonchev–Trinajstić information content (AvgIpc) is 2.53. The minimum absolute atomic E-state index is 0.00116. The second kappa shape index (κ2) is 2.80. The van der Waals surface area contributed by atoms with Crippen LogP contribution in [-0.4, -0.2) is 22.8 Å². The molecule has 2 aliphatic rings. The van der Waals surface area contributed by atoms with Crippen LogP contribution in [0.25, 0.3) is 0 Å². The highest BCUT2D eigenvalue weighted by molar-refractivity contribution is 9.09. The van der Waals surface area contributed by atoms with Crippen LogP contribution in [0, 0.1) is 16.7 Å². The van der Waals surface area contributed by atoms with Crippen LogP contribution in [0.4, 0.5) is 0 Å². The summed E-state index contributed by atoms with van der Waals surface area (Å²) in [5.41, 5.74) is -0.417. The van der Waals surface area contributed by atoms with Gasteiger partial charge in [0.1, 0.15) is 5.78 Å². The molecule has 2 fully saturated rings. The number of Topliss-reactive ketones (excluding diaryl/α,β-unsaturated/α-hetero) is 1. The van der Waals surface area contributed by atoms with E-state index >= 15 is 0 Å². The minimum atomic E-state index is -0.416. The van der Waals surface area contributed by atoms with E-state index in [1.165, 1.54) is 0 Å². The largest absolute Gasteiger partial charge is 0.395 e. The van der Waals surface area contributed by atoms with Crippen molar-refractivity contribution in [3.8, 4) is 0 Å². The van der Waals surface area contributed by atoms with E-state index in [1.807, 2.05) is 0 Å². The van der Waals surface area contributed by atoms with Gasteiger partial charge < -0.3 is 5.11 Å². The number of halogens is 1. The van der Waals surface area contributed by atoms with Crippen LogP contribution in [-0.2, 0) is 4.79 Å². The summed E-state index contributed by atoms with van der Waals surface area (Å²) in [5, 5.41) is 10.3. The molecule has 74 valence electrons. The third-order valence-electron chi connectivity index (χ3n) is 4.43. The molecule has 0 radical (unpaired) electrons. The first kappa shape index (κ1) is 9.66. The van der Waals surface area contributed by atoms with E-state index < -0.39 is 5.41 Å². The smallest absolute Gasteiger partial charge is 0.142 e. The van der Waals surface area contributed by atoms with Gasteiger partial charge >= 0.3 is 0 Å². The van der Waals surface area contributed by atoms with E-state index in [0.29, 0.717) is 12.3 Å². The Hall–Kier alpha value is 0.110. The second-order valence-corrected chi connectivity index (χ2v) is 5.21. The van der Waals surface area contributed by atoms with Gasteiger partial charge in [-0.3, -0.25) is 4.79 Å². The zero-order valence-corrected chi connectivity index (χ0v) is 9.43. The van der Waals surface area contributed by atoms with Crippen molar-refractivity contribution in [3.63, 3.8) is 0 Å². The van der Waals surface area contributed by atoms with Gasteiger partial charge in [-0.25, -0.2) is 0 Å². The molecule has 0 aromatic heterocycles. The molecule has 1 N–H and O–H groups in total. The van der Waals surface area contributed by atoms with Crippen molar-refractivity contribution in [1.29, 1.82) is 0 Å². The maximum Gasteiger partial charge on any atom is 0.142 e. The van der Waals surface area contributed by atoms with Crippen molar-refractivity contribution < 1.29 is 9.90 Å². The third-order valence-corrected chi connectivity index (χ3v) is 5.59. The number of rotatable bonds is 2. The van der Waals surface area contributed by atoms with Gasteiger partial charge in [-0.15, -0.1) is 0 Å². The van der Waals surface area contributed by atoms with Crippen LogP contribution >= 0.6 is 15.9 Å². The Labute approximate surface area is 86.8 Å². The number of carbonyl (C=O) groups is 1.